The van der Waals surface area contributed by atoms with E-state index < -0.39 is 11.5 Å². The highest BCUT2D eigenvalue weighted by Gasteiger charge is 2.44. The second-order valence-corrected chi connectivity index (χ2v) is 6.67. The molecule has 1 unspecified atom stereocenters. The molecule has 0 amide bonds. The Morgan fingerprint density at radius 3 is 2.33 bits per heavy atom. The van der Waals surface area contributed by atoms with Gasteiger partial charge in [-0.2, -0.15) is 5.26 Å². The van der Waals surface area contributed by atoms with Crippen molar-refractivity contribution in [2.75, 3.05) is 0 Å². The third kappa shape index (κ3) is 2.39. The standard InChI is InChI=1S/C18H16BrNO/c1-12-6-7-15(16(19)8-12)17(21)18(11-20)9-13-4-2-3-5-14(13)10-18/h2-8,17,21H,9-10H2,1H3. The molecule has 3 rings (SSSR count). The highest BCUT2D eigenvalue weighted by molar-refractivity contribution is 9.10. The fourth-order valence-corrected chi connectivity index (χ4v) is 3.84. The summed E-state index contributed by atoms with van der Waals surface area (Å²) in [6.07, 6.45) is 0.396. The van der Waals surface area contributed by atoms with Gasteiger partial charge in [0.05, 0.1) is 17.6 Å². The Bertz CT molecular complexity index is 707. The summed E-state index contributed by atoms with van der Waals surface area (Å²) in [7, 11) is 0. The van der Waals surface area contributed by atoms with E-state index in [0.717, 1.165) is 15.6 Å². The van der Waals surface area contributed by atoms with Crippen LogP contribution in [0.5, 0.6) is 0 Å². The zero-order chi connectivity index (χ0) is 15.0. The molecule has 0 aromatic heterocycles. The number of aliphatic hydroxyl groups is 1. The van der Waals surface area contributed by atoms with Gasteiger partial charge in [-0.3, -0.25) is 0 Å². The molecule has 1 aliphatic rings. The molecule has 106 valence electrons. The molecule has 0 radical (unpaired) electrons. The first-order chi connectivity index (χ1) is 10.1. The van der Waals surface area contributed by atoms with E-state index in [4.69, 9.17) is 0 Å². The van der Waals surface area contributed by atoms with Crippen LogP contribution in [0.3, 0.4) is 0 Å². The van der Waals surface area contributed by atoms with Crippen molar-refractivity contribution in [3.8, 4) is 6.07 Å². The fourth-order valence-electron chi connectivity index (χ4n) is 3.13. The molecule has 1 aliphatic carbocycles. The van der Waals surface area contributed by atoms with Gasteiger partial charge in [-0.05, 0) is 48.1 Å². The number of fused-ring (bicyclic) bond motifs is 1. The van der Waals surface area contributed by atoms with Gasteiger partial charge in [-0.25, -0.2) is 0 Å². The normalized spacial score (nSPS) is 17.0. The molecule has 0 saturated heterocycles. The molecular formula is C18H16BrNO. The number of rotatable bonds is 2. The molecule has 1 N–H and O–H groups in total. The molecular weight excluding hydrogens is 326 g/mol. The van der Waals surface area contributed by atoms with Gasteiger partial charge >= 0.3 is 0 Å². The van der Waals surface area contributed by atoms with Gasteiger partial charge in [-0.1, -0.05) is 52.3 Å². The van der Waals surface area contributed by atoms with Crippen molar-refractivity contribution < 1.29 is 5.11 Å². The number of halogens is 1. The molecule has 0 spiro atoms. The lowest BCUT2D eigenvalue weighted by atomic mass is 9.77. The summed E-state index contributed by atoms with van der Waals surface area (Å²) in [5, 5.41) is 20.6. The van der Waals surface area contributed by atoms with Crippen LogP contribution in [0, 0.1) is 23.7 Å². The minimum absolute atomic E-state index is 0.598. The van der Waals surface area contributed by atoms with Crippen LogP contribution in [-0.4, -0.2) is 5.11 Å². The minimum Gasteiger partial charge on any atom is -0.387 e. The van der Waals surface area contributed by atoms with Crippen LogP contribution < -0.4 is 0 Å². The lowest BCUT2D eigenvalue weighted by Gasteiger charge is -2.28. The summed E-state index contributed by atoms with van der Waals surface area (Å²) in [5.74, 6) is 0. The van der Waals surface area contributed by atoms with Crippen LogP contribution in [0.15, 0.2) is 46.9 Å². The largest absolute Gasteiger partial charge is 0.387 e. The topological polar surface area (TPSA) is 44.0 Å². The summed E-state index contributed by atoms with van der Waals surface area (Å²) in [6.45, 7) is 2.01. The molecule has 2 nitrogen and oxygen atoms in total. The van der Waals surface area contributed by atoms with Gasteiger partial charge in [0.15, 0.2) is 0 Å². The van der Waals surface area contributed by atoms with Gasteiger partial charge < -0.3 is 5.11 Å². The van der Waals surface area contributed by atoms with Gasteiger partial charge in [0.1, 0.15) is 0 Å². The Kier molecular flexibility index (Phi) is 3.61. The van der Waals surface area contributed by atoms with Crippen molar-refractivity contribution >= 4 is 15.9 Å². The van der Waals surface area contributed by atoms with Gasteiger partial charge in [0.25, 0.3) is 0 Å². The predicted molar refractivity (Wildman–Crippen MR) is 85.7 cm³/mol. The first kappa shape index (κ1) is 14.3. The van der Waals surface area contributed by atoms with Crippen LogP contribution in [0.1, 0.15) is 28.4 Å². The van der Waals surface area contributed by atoms with E-state index in [-0.39, 0.29) is 0 Å². The molecule has 1 atom stereocenters. The second-order valence-electron chi connectivity index (χ2n) is 5.82. The Morgan fingerprint density at radius 1 is 1.19 bits per heavy atom. The number of aliphatic hydroxyl groups excluding tert-OH is 1. The van der Waals surface area contributed by atoms with E-state index in [0.29, 0.717) is 12.8 Å². The molecule has 0 bridgehead atoms. The van der Waals surface area contributed by atoms with Crippen molar-refractivity contribution in [2.24, 2.45) is 5.41 Å². The van der Waals surface area contributed by atoms with E-state index in [1.165, 1.54) is 11.1 Å². The SMILES string of the molecule is Cc1ccc(C(O)C2(C#N)Cc3ccccc3C2)c(Br)c1. The van der Waals surface area contributed by atoms with Crippen LogP contribution in [0.2, 0.25) is 0 Å². The van der Waals surface area contributed by atoms with Crippen LogP contribution >= 0.6 is 15.9 Å². The summed E-state index contributed by atoms with van der Waals surface area (Å²) >= 11 is 3.51. The predicted octanol–water partition coefficient (Wildman–Crippen LogP) is 4.10. The fraction of sp³-hybridized carbons (Fsp3) is 0.278. The molecule has 0 fully saturated rings. The molecule has 0 heterocycles. The Labute approximate surface area is 133 Å². The third-order valence-electron chi connectivity index (χ3n) is 4.33. The molecule has 0 aliphatic heterocycles. The Hall–Kier alpha value is -1.63. The Morgan fingerprint density at radius 2 is 1.81 bits per heavy atom. The van der Waals surface area contributed by atoms with E-state index >= 15 is 0 Å². The van der Waals surface area contributed by atoms with Gasteiger partial charge in [0, 0.05) is 4.47 Å². The Balaban J connectivity index is 2.00. The molecule has 2 aromatic rings. The zero-order valence-corrected chi connectivity index (χ0v) is 13.4. The minimum atomic E-state index is -0.801. The quantitative estimate of drug-likeness (QED) is 0.893. The van der Waals surface area contributed by atoms with Crippen molar-refractivity contribution in [1.82, 2.24) is 0 Å². The molecule has 2 aromatic carbocycles. The highest BCUT2D eigenvalue weighted by Crippen LogP contribution is 2.46. The number of aryl methyl sites for hydroxylation is 1. The lowest BCUT2D eigenvalue weighted by molar-refractivity contribution is 0.0687. The van der Waals surface area contributed by atoms with Crippen LogP contribution in [-0.2, 0) is 12.8 Å². The van der Waals surface area contributed by atoms with Crippen molar-refractivity contribution in [2.45, 2.75) is 25.9 Å². The molecule has 21 heavy (non-hydrogen) atoms. The van der Waals surface area contributed by atoms with E-state index in [2.05, 4.69) is 22.0 Å². The zero-order valence-electron chi connectivity index (χ0n) is 11.8. The first-order valence-corrected chi connectivity index (χ1v) is 7.77. The van der Waals surface area contributed by atoms with Gasteiger partial charge in [0.2, 0.25) is 0 Å². The second kappa shape index (κ2) is 5.29. The molecule has 0 saturated carbocycles. The summed E-state index contributed by atoms with van der Waals surface area (Å²) in [5.41, 5.74) is 3.47. The maximum absolute atomic E-state index is 10.9. The number of nitriles is 1. The highest BCUT2D eigenvalue weighted by atomic mass is 79.9. The lowest BCUT2D eigenvalue weighted by Crippen LogP contribution is -2.28. The number of benzene rings is 2. The smallest absolute Gasteiger partial charge is 0.0993 e. The first-order valence-electron chi connectivity index (χ1n) is 6.98. The maximum Gasteiger partial charge on any atom is 0.0993 e. The third-order valence-corrected chi connectivity index (χ3v) is 5.01. The summed E-state index contributed by atoms with van der Waals surface area (Å²) in [6, 6.07) is 16.3. The van der Waals surface area contributed by atoms with Crippen molar-refractivity contribution in [1.29, 1.82) is 5.26 Å². The van der Waals surface area contributed by atoms with Crippen LogP contribution in [0.25, 0.3) is 0 Å². The maximum atomic E-state index is 10.9. The average Bonchev–Trinajstić information content (AvgIpc) is 2.86. The van der Waals surface area contributed by atoms with Crippen molar-refractivity contribution in [3.63, 3.8) is 0 Å². The monoisotopic (exact) mass is 341 g/mol. The summed E-state index contributed by atoms with van der Waals surface area (Å²) in [4.78, 5) is 0. The summed E-state index contributed by atoms with van der Waals surface area (Å²) < 4.78 is 0.862. The number of hydrogen-bond donors (Lipinski definition) is 1. The number of nitrogens with zero attached hydrogens (tertiary/aromatic N) is 1. The van der Waals surface area contributed by atoms with Crippen molar-refractivity contribution in [3.05, 3.63) is 69.2 Å². The van der Waals surface area contributed by atoms with E-state index in [1.807, 2.05) is 49.4 Å². The van der Waals surface area contributed by atoms with Gasteiger partial charge in [-0.15, -0.1) is 0 Å². The average molecular weight is 342 g/mol. The van der Waals surface area contributed by atoms with E-state index in [9.17, 15) is 10.4 Å². The number of hydrogen-bond acceptors (Lipinski definition) is 2. The molecule has 3 heteroatoms. The van der Waals surface area contributed by atoms with Crippen LogP contribution in [0.4, 0.5) is 0 Å². The van der Waals surface area contributed by atoms with E-state index in [1.54, 1.807) is 0 Å².